The van der Waals surface area contributed by atoms with E-state index in [1.807, 2.05) is 17.7 Å². The molecule has 9 nitrogen and oxygen atoms in total. The van der Waals surface area contributed by atoms with Gasteiger partial charge < -0.3 is 10.6 Å². The Hall–Kier alpha value is -3.18. The SMILES string of the molecule is CCNc1nc(Nc2cc([C@H](C)n3nccn3)nn2C2CC2)ncc1C(F)(F)F. The summed E-state index contributed by atoms with van der Waals surface area (Å²) in [6, 6.07) is 1.86. The van der Waals surface area contributed by atoms with Gasteiger partial charge in [-0.2, -0.15) is 38.2 Å². The molecule has 0 radical (unpaired) electrons. The number of nitrogens with one attached hydrogen (secondary N) is 2. The van der Waals surface area contributed by atoms with E-state index in [1.165, 1.54) is 0 Å². The summed E-state index contributed by atoms with van der Waals surface area (Å²) in [7, 11) is 0. The zero-order valence-corrected chi connectivity index (χ0v) is 15.8. The fourth-order valence-corrected chi connectivity index (χ4v) is 2.92. The molecule has 1 aliphatic carbocycles. The Kier molecular flexibility index (Phi) is 4.84. The monoisotopic (exact) mass is 407 g/mol. The van der Waals surface area contributed by atoms with Crippen molar-refractivity contribution in [3.8, 4) is 0 Å². The molecule has 0 unspecified atom stereocenters. The molecular formula is C17H20F3N9. The van der Waals surface area contributed by atoms with Crippen molar-refractivity contribution in [3.63, 3.8) is 0 Å². The van der Waals surface area contributed by atoms with E-state index in [1.54, 1.807) is 24.1 Å². The molecule has 0 amide bonds. The number of halogens is 3. The highest BCUT2D eigenvalue weighted by Crippen LogP contribution is 2.39. The molecule has 0 spiro atoms. The van der Waals surface area contributed by atoms with Crippen molar-refractivity contribution < 1.29 is 13.2 Å². The lowest BCUT2D eigenvalue weighted by molar-refractivity contribution is -0.137. The van der Waals surface area contributed by atoms with E-state index < -0.39 is 11.7 Å². The van der Waals surface area contributed by atoms with Crippen molar-refractivity contribution in [1.29, 1.82) is 0 Å². The van der Waals surface area contributed by atoms with E-state index >= 15 is 0 Å². The Labute approximate surface area is 164 Å². The summed E-state index contributed by atoms with van der Waals surface area (Å²) < 4.78 is 41.3. The van der Waals surface area contributed by atoms with E-state index in [-0.39, 0.29) is 23.8 Å². The maximum atomic E-state index is 13.2. The van der Waals surface area contributed by atoms with E-state index in [9.17, 15) is 13.2 Å². The van der Waals surface area contributed by atoms with Crippen LogP contribution in [0.4, 0.5) is 30.8 Å². The van der Waals surface area contributed by atoms with Crippen LogP contribution in [-0.4, -0.2) is 41.3 Å². The lowest BCUT2D eigenvalue weighted by Crippen LogP contribution is -2.14. The predicted octanol–water partition coefficient (Wildman–Crippen LogP) is 3.40. The predicted molar refractivity (Wildman–Crippen MR) is 98.8 cm³/mol. The van der Waals surface area contributed by atoms with E-state index in [0.717, 1.165) is 24.7 Å². The molecule has 154 valence electrons. The van der Waals surface area contributed by atoms with Crippen LogP contribution in [0.25, 0.3) is 0 Å². The zero-order valence-electron chi connectivity index (χ0n) is 15.8. The van der Waals surface area contributed by atoms with Crippen LogP contribution in [0.15, 0.2) is 24.7 Å². The topological polar surface area (TPSA) is 98.4 Å². The van der Waals surface area contributed by atoms with E-state index in [0.29, 0.717) is 12.4 Å². The minimum atomic E-state index is -4.54. The van der Waals surface area contributed by atoms with Crippen molar-refractivity contribution in [1.82, 2.24) is 34.7 Å². The lowest BCUT2D eigenvalue weighted by Gasteiger charge is -2.14. The second kappa shape index (κ2) is 7.33. The molecule has 1 aliphatic rings. The molecule has 1 fully saturated rings. The summed E-state index contributed by atoms with van der Waals surface area (Å²) >= 11 is 0. The highest BCUT2D eigenvalue weighted by atomic mass is 19.4. The van der Waals surface area contributed by atoms with Crippen molar-refractivity contribution in [2.45, 2.75) is 44.9 Å². The fourth-order valence-electron chi connectivity index (χ4n) is 2.92. The van der Waals surface area contributed by atoms with Crippen LogP contribution >= 0.6 is 0 Å². The van der Waals surface area contributed by atoms with Crippen LogP contribution in [0.2, 0.25) is 0 Å². The van der Waals surface area contributed by atoms with E-state index in [4.69, 9.17) is 0 Å². The number of aromatic nitrogens is 7. The maximum absolute atomic E-state index is 13.2. The van der Waals surface area contributed by atoms with Gasteiger partial charge in [-0.25, -0.2) is 9.67 Å². The zero-order chi connectivity index (χ0) is 20.6. The molecule has 3 heterocycles. The Morgan fingerprint density at radius 3 is 2.59 bits per heavy atom. The standard InChI is InChI=1S/C17H20F3N9/c1-3-21-15-12(17(18,19)20)9-22-16(26-15)25-14-8-13(27-28(14)11-4-5-11)10(2)29-23-6-7-24-29/h6-11H,3-5H2,1-2H3,(H2,21,22,25,26)/t10-/m0/s1. The number of hydrogen-bond acceptors (Lipinski definition) is 7. The van der Waals surface area contributed by atoms with Crippen LogP contribution in [0.3, 0.4) is 0 Å². The minimum Gasteiger partial charge on any atom is -0.370 e. The Morgan fingerprint density at radius 2 is 1.97 bits per heavy atom. The quantitative estimate of drug-likeness (QED) is 0.619. The highest BCUT2D eigenvalue weighted by Gasteiger charge is 2.35. The first-order valence-corrected chi connectivity index (χ1v) is 9.27. The first-order valence-electron chi connectivity index (χ1n) is 9.27. The Balaban J connectivity index is 1.64. The first kappa shape index (κ1) is 19.2. The van der Waals surface area contributed by atoms with Crippen LogP contribution in [0, 0.1) is 0 Å². The van der Waals surface area contributed by atoms with Crippen LogP contribution in [0.1, 0.15) is 50.0 Å². The summed E-state index contributed by atoms with van der Waals surface area (Å²) in [4.78, 5) is 9.42. The first-order chi connectivity index (χ1) is 13.9. The molecule has 0 saturated heterocycles. The van der Waals surface area contributed by atoms with Gasteiger partial charge in [-0.05, 0) is 26.7 Å². The van der Waals surface area contributed by atoms with E-state index in [2.05, 4.69) is 35.9 Å². The normalized spacial score (nSPS) is 15.3. The molecule has 0 aromatic carbocycles. The number of rotatable bonds is 7. The van der Waals surface area contributed by atoms with Gasteiger partial charge >= 0.3 is 6.18 Å². The molecule has 3 aromatic heterocycles. The summed E-state index contributed by atoms with van der Waals surface area (Å²) in [5, 5.41) is 18.6. The van der Waals surface area contributed by atoms with Gasteiger partial charge in [0.25, 0.3) is 0 Å². The Bertz CT molecular complexity index is 977. The number of anilines is 3. The minimum absolute atomic E-state index is 0.0622. The van der Waals surface area contributed by atoms with Gasteiger partial charge in [0, 0.05) is 18.8 Å². The maximum Gasteiger partial charge on any atom is 0.421 e. The molecular weight excluding hydrogens is 387 g/mol. The fraction of sp³-hybridized carbons (Fsp3) is 0.471. The molecule has 4 rings (SSSR count). The van der Waals surface area contributed by atoms with Gasteiger partial charge in [0.2, 0.25) is 5.95 Å². The van der Waals surface area contributed by atoms with Gasteiger partial charge in [0.15, 0.2) is 0 Å². The third kappa shape index (κ3) is 4.00. The Morgan fingerprint density at radius 1 is 1.24 bits per heavy atom. The largest absolute Gasteiger partial charge is 0.421 e. The molecule has 3 aromatic rings. The average molecular weight is 407 g/mol. The number of hydrogen-bond donors (Lipinski definition) is 2. The third-order valence-electron chi connectivity index (χ3n) is 4.54. The second-order valence-electron chi connectivity index (χ2n) is 6.76. The molecule has 29 heavy (non-hydrogen) atoms. The molecule has 1 atom stereocenters. The van der Waals surface area contributed by atoms with Crippen molar-refractivity contribution in [3.05, 3.63) is 35.9 Å². The second-order valence-corrected chi connectivity index (χ2v) is 6.76. The average Bonchev–Trinajstić information content (AvgIpc) is 3.20. The third-order valence-corrected chi connectivity index (χ3v) is 4.54. The number of alkyl halides is 3. The lowest BCUT2D eigenvalue weighted by atomic mass is 10.2. The van der Waals surface area contributed by atoms with Gasteiger partial charge in [-0.15, -0.1) is 0 Å². The van der Waals surface area contributed by atoms with Gasteiger partial charge in [0.05, 0.1) is 24.1 Å². The number of nitrogens with zero attached hydrogens (tertiary/aromatic N) is 7. The van der Waals surface area contributed by atoms with Crippen molar-refractivity contribution >= 4 is 17.6 Å². The highest BCUT2D eigenvalue weighted by molar-refractivity contribution is 5.55. The van der Waals surface area contributed by atoms with Gasteiger partial charge in [-0.3, -0.25) is 0 Å². The summed E-state index contributed by atoms with van der Waals surface area (Å²) in [6.07, 6.45) is 1.40. The summed E-state index contributed by atoms with van der Waals surface area (Å²) in [5.74, 6) is 0.417. The molecule has 0 bridgehead atoms. The van der Waals surface area contributed by atoms with Crippen molar-refractivity contribution in [2.75, 3.05) is 17.2 Å². The smallest absolute Gasteiger partial charge is 0.370 e. The van der Waals surface area contributed by atoms with Crippen LogP contribution in [-0.2, 0) is 6.18 Å². The molecule has 2 N–H and O–H groups in total. The molecule has 1 saturated carbocycles. The summed E-state index contributed by atoms with van der Waals surface area (Å²) in [6.45, 7) is 3.92. The van der Waals surface area contributed by atoms with Crippen LogP contribution in [0.5, 0.6) is 0 Å². The summed E-state index contributed by atoms with van der Waals surface area (Å²) in [5.41, 5.74) is -0.172. The molecule has 12 heteroatoms. The molecule has 0 aliphatic heterocycles. The van der Waals surface area contributed by atoms with Crippen LogP contribution < -0.4 is 10.6 Å². The van der Waals surface area contributed by atoms with Crippen molar-refractivity contribution in [2.24, 2.45) is 0 Å². The van der Waals surface area contributed by atoms with Gasteiger partial charge in [-0.1, -0.05) is 0 Å². The van der Waals surface area contributed by atoms with Gasteiger partial charge in [0.1, 0.15) is 23.2 Å².